The van der Waals surface area contributed by atoms with Crippen LogP contribution in [0.15, 0.2) is 0 Å². The highest BCUT2D eigenvalue weighted by Crippen LogP contribution is 2.27. The first-order valence-electron chi connectivity index (χ1n) is 7.72. The Morgan fingerprint density at radius 1 is 0.882 bits per heavy atom. The standard InChI is InChI=1S/C15H29NO/c17-15(10-6-3-7-11-15)13-16-12-14-8-4-1-2-5-9-14/h14,16-17H,1-13H2. The first kappa shape index (κ1) is 13.4. The number of nitrogens with one attached hydrogen (secondary N) is 1. The molecule has 0 spiro atoms. The topological polar surface area (TPSA) is 32.3 Å². The van der Waals surface area contributed by atoms with Crippen LogP contribution in [0.1, 0.15) is 70.6 Å². The van der Waals surface area contributed by atoms with Crippen molar-refractivity contribution in [1.82, 2.24) is 5.32 Å². The Morgan fingerprint density at radius 3 is 2.12 bits per heavy atom. The third kappa shape index (κ3) is 4.59. The summed E-state index contributed by atoms with van der Waals surface area (Å²) in [4.78, 5) is 0. The average molecular weight is 239 g/mol. The summed E-state index contributed by atoms with van der Waals surface area (Å²) in [5.41, 5.74) is -0.386. The molecule has 0 saturated heterocycles. The van der Waals surface area contributed by atoms with Crippen LogP contribution >= 0.6 is 0 Å². The molecule has 0 atom stereocenters. The maximum absolute atomic E-state index is 10.4. The van der Waals surface area contributed by atoms with Gasteiger partial charge in [-0.05, 0) is 38.1 Å². The van der Waals surface area contributed by atoms with Gasteiger partial charge in [0.2, 0.25) is 0 Å². The van der Waals surface area contributed by atoms with Crippen LogP contribution in [0.2, 0.25) is 0 Å². The summed E-state index contributed by atoms with van der Waals surface area (Å²) in [7, 11) is 0. The molecule has 0 aromatic carbocycles. The fourth-order valence-corrected chi connectivity index (χ4v) is 3.46. The molecule has 0 unspecified atom stereocenters. The smallest absolute Gasteiger partial charge is 0.0771 e. The van der Waals surface area contributed by atoms with E-state index in [0.717, 1.165) is 31.8 Å². The molecule has 0 aromatic heterocycles. The molecule has 100 valence electrons. The summed E-state index contributed by atoms with van der Waals surface area (Å²) in [6, 6.07) is 0. The molecule has 2 aliphatic rings. The number of hydrogen-bond donors (Lipinski definition) is 2. The number of rotatable bonds is 4. The van der Waals surface area contributed by atoms with Gasteiger partial charge in [-0.25, -0.2) is 0 Å². The second-order valence-electron chi connectivity index (χ2n) is 6.27. The third-order valence-corrected chi connectivity index (χ3v) is 4.65. The molecule has 0 radical (unpaired) electrons. The van der Waals surface area contributed by atoms with Crippen molar-refractivity contribution in [2.75, 3.05) is 13.1 Å². The molecule has 2 rings (SSSR count). The van der Waals surface area contributed by atoms with Crippen molar-refractivity contribution in [1.29, 1.82) is 0 Å². The summed E-state index contributed by atoms with van der Waals surface area (Å²) in [5.74, 6) is 0.865. The lowest BCUT2D eigenvalue weighted by Crippen LogP contribution is -2.43. The maximum atomic E-state index is 10.4. The van der Waals surface area contributed by atoms with Crippen LogP contribution in [0.3, 0.4) is 0 Å². The molecular formula is C15H29NO. The van der Waals surface area contributed by atoms with Gasteiger partial charge in [-0.2, -0.15) is 0 Å². The van der Waals surface area contributed by atoms with E-state index < -0.39 is 0 Å². The van der Waals surface area contributed by atoms with E-state index >= 15 is 0 Å². The van der Waals surface area contributed by atoms with Crippen LogP contribution in [0, 0.1) is 5.92 Å². The van der Waals surface area contributed by atoms with Crippen LogP contribution < -0.4 is 5.32 Å². The third-order valence-electron chi connectivity index (χ3n) is 4.65. The molecule has 0 aliphatic heterocycles. The molecule has 0 aromatic rings. The Labute approximate surface area is 106 Å². The fourth-order valence-electron chi connectivity index (χ4n) is 3.46. The largest absolute Gasteiger partial charge is 0.389 e. The molecular weight excluding hydrogens is 210 g/mol. The van der Waals surface area contributed by atoms with Gasteiger partial charge in [-0.15, -0.1) is 0 Å². The zero-order valence-electron chi connectivity index (χ0n) is 11.2. The van der Waals surface area contributed by atoms with E-state index in [2.05, 4.69) is 5.32 Å². The van der Waals surface area contributed by atoms with Crippen molar-refractivity contribution in [3.8, 4) is 0 Å². The highest BCUT2D eigenvalue weighted by Gasteiger charge is 2.28. The predicted octanol–water partition coefficient (Wildman–Crippen LogP) is 3.24. The zero-order chi connectivity index (χ0) is 12.0. The molecule has 0 amide bonds. The lowest BCUT2D eigenvalue weighted by Gasteiger charge is -2.32. The van der Waals surface area contributed by atoms with Crippen LogP contribution in [0.25, 0.3) is 0 Å². The minimum Gasteiger partial charge on any atom is -0.389 e. The van der Waals surface area contributed by atoms with Gasteiger partial charge in [0.25, 0.3) is 0 Å². The van der Waals surface area contributed by atoms with Gasteiger partial charge in [0, 0.05) is 6.54 Å². The zero-order valence-corrected chi connectivity index (χ0v) is 11.2. The first-order valence-corrected chi connectivity index (χ1v) is 7.72. The Hall–Kier alpha value is -0.0800. The molecule has 2 saturated carbocycles. The molecule has 0 bridgehead atoms. The van der Waals surface area contributed by atoms with E-state index in [1.54, 1.807) is 0 Å². The molecule has 2 N–H and O–H groups in total. The second kappa shape index (κ2) is 6.75. The van der Waals surface area contributed by atoms with Crippen molar-refractivity contribution in [3.05, 3.63) is 0 Å². The maximum Gasteiger partial charge on any atom is 0.0771 e. The number of hydrogen-bond acceptors (Lipinski definition) is 2. The van der Waals surface area contributed by atoms with E-state index in [1.165, 1.54) is 57.8 Å². The summed E-state index contributed by atoms with van der Waals surface area (Å²) >= 11 is 0. The molecule has 2 heteroatoms. The van der Waals surface area contributed by atoms with Crippen molar-refractivity contribution in [2.45, 2.75) is 76.2 Å². The monoisotopic (exact) mass is 239 g/mol. The Kier molecular flexibility index (Phi) is 5.30. The highest BCUT2D eigenvalue weighted by atomic mass is 16.3. The van der Waals surface area contributed by atoms with Crippen LogP contribution in [0.5, 0.6) is 0 Å². The van der Waals surface area contributed by atoms with Gasteiger partial charge >= 0.3 is 0 Å². The molecule has 2 nitrogen and oxygen atoms in total. The van der Waals surface area contributed by atoms with Gasteiger partial charge in [-0.1, -0.05) is 44.9 Å². The SMILES string of the molecule is OC1(CNCC2CCCCCC2)CCCCC1. The first-order chi connectivity index (χ1) is 8.29. The van der Waals surface area contributed by atoms with Gasteiger partial charge in [-0.3, -0.25) is 0 Å². The second-order valence-corrected chi connectivity index (χ2v) is 6.27. The predicted molar refractivity (Wildman–Crippen MR) is 72.1 cm³/mol. The number of aliphatic hydroxyl groups is 1. The van der Waals surface area contributed by atoms with Gasteiger partial charge in [0.1, 0.15) is 0 Å². The Bertz CT molecular complexity index is 203. The molecule has 17 heavy (non-hydrogen) atoms. The van der Waals surface area contributed by atoms with Crippen LogP contribution in [-0.4, -0.2) is 23.8 Å². The summed E-state index contributed by atoms with van der Waals surface area (Å²) < 4.78 is 0. The minimum atomic E-state index is -0.386. The van der Waals surface area contributed by atoms with Crippen molar-refractivity contribution in [2.24, 2.45) is 5.92 Å². The van der Waals surface area contributed by atoms with E-state index in [-0.39, 0.29) is 5.60 Å². The lowest BCUT2D eigenvalue weighted by atomic mass is 9.85. The summed E-state index contributed by atoms with van der Waals surface area (Å²) in [6.45, 7) is 1.95. The van der Waals surface area contributed by atoms with Gasteiger partial charge < -0.3 is 10.4 Å². The summed E-state index contributed by atoms with van der Waals surface area (Å²) in [5, 5.41) is 13.9. The van der Waals surface area contributed by atoms with E-state index in [4.69, 9.17) is 0 Å². The minimum absolute atomic E-state index is 0.386. The highest BCUT2D eigenvalue weighted by molar-refractivity contribution is 4.84. The van der Waals surface area contributed by atoms with Gasteiger partial charge in [0.15, 0.2) is 0 Å². The van der Waals surface area contributed by atoms with E-state index in [9.17, 15) is 5.11 Å². The van der Waals surface area contributed by atoms with Crippen molar-refractivity contribution >= 4 is 0 Å². The van der Waals surface area contributed by atoms with Gasteiger partial charge in [0.05, 0.1) is 5.60 Å². The van der Waals surface area contributed by atoms with Crippen molar-refractivity contribution in [3.63, 3.8) is 0 Å². The lowest BCUT2D eigenvalue weighted by molar-refractivity contribution is 0.00422. The van der Waals surface area contributed by atoms with E-state index in [1.807, 2.05) is 0 Å². The molecule has 2 aliphatic carbocycles. The van der Waals surface area contributed by atoms with Crippen molar-refractivity contribution < 1.29 is 5.11 Å². The summed E-state index contributed by atoms with van der Waals surface area (Å²) in [6.07, 6.45) is 14.2. The Morgan fingerprint density at radius 2 is 1.47 bits per heavy atom. The van der Waals surface area contributed by atoms with Crippen LogP contribution in [0.4, 0.5) is 0 Å². The molecule has 2 fully saturated rings. The average Bonchev–Trinajstić information content (AvgIpc) is 2.58. The fraction of sp³-hybridized carbons (Fsp3) is 1.00. The molecule has 0 heterocycles. The quantitative estimate of drug-likeness (QED) is 0.738. The normalized spacial score (nSPS) is 26.6. The van der Waals surface area contributed by atoms with E-state index in [0.29, 0.717) is 0 Å². The van der Waals surface area contributed by atoms with Crippen LogP contribution in [-0.2, 0) is 0 Å². The Balaban J connectivity index is 1.63.